The summed E-state index contributed by atoms with van der Waals surface area (Å²) in [5.74, 6) is 1.56. The van der Waals surface area contributed by atoms with Gasteiger partial charge in [0.1, 0.15) is 17.2 Å². The fraction of sp³-hybridized carbons (Fsp3) is 0.636. The molecule has 9 nitrogen and oxygen atoms in total. The SMILES string of the molecule is C#Cc1cccc(NC(=O)CCCCC[C@H](NC(=O)N[C@@H](CCC(=O)OC(C)(C)C)C(C)(C)C)C(=O)OC(C)(C)C)c1. The van der Waals surface area contributed by atoms with Crippen molar-refractivity contribution in [2.75, 3.05) is 5.32 Å². The summed E-state index contributed by atoms with van der Waals surface area (Å²) in [6, 6.07) is 5.38. The molecule has 1 aromatic carbocycles. The number of hydrogen-bond acceptors (Lipinski definition) is 6. The van der Waals surface area contributed by atoms with Gasteiger partial charge in [0.05, 0.1) is 0 Å². The smallest absolute Gasteiger partial charge is 0.329 e. The molecule has 9 heteroatoms. The summed E-state index contributed by atoms with van der Waals surface area (Å²) in [6.07, 6.45) is 8.52. The first-order chi connectivity index (χ1) is 19.3. The van der Waals surface area contributed by atoms with Gasteiger partial charge in [-0.25, -0.2) is 9.59 Å². The van der Waals surface area contributed by atoms with Crippen molar-refractivity contribution < 1.29 is 28.7 Å². The van der Waals surface area contributed by atoms with Crippen molar-refractivity contribution in [3.63, 3.8) is 0 Å². The summed E-state index contributed by atoms with van der Waals surface area (Å²) in [5.41, 5.74) is -0.310. The van der Waals surface area contributed by atoms with Crippen LogP contribution in [0.5, 0.6) is 0 Å². The Labute approximate surface area is 252 Å². The molecule has 0 fully saturated rings. The van der Waals surface area contributed by atoms with Crippen molar-refractivity contribution >= 4 is 29.6 Å². The number of unbranched alkanes of at least 4 members (excludes halogenated alkanes) is 2. The molecule has 234 valence electrons. The number of urea groups is 1. The molecule has 42 heavy (non-hydrogen) atoms. The van der Waals surface area contributed by atoms with Gasteiger partial charge in [-0.15, -0.1) is 6.42 Å². The number of hydrogen-bond donors (Lipinski definition) is 3. The van der Waals surface area contributed by atoms with Gasteiger partial charge in [-0.2, -0.15) is 0 Å². The Kier molecular flexibility index (Phi) is 14.1. The van der Waals surface area contributed by atoms with Crippen molar-refractivity contribution in [3.05, 3.63) is 29.8 Å². The Bertz CT molecular complexity index is 1100. The van der Waals surface area contributed by atoms with Crippen LogP contribution in [0.2, 0.25) is 0 Å². The van der Waals surface area contributed by atoms with Gasteiger partial charge >= 0.3 is 18.0 Å². The summed E-state index contributed by atoms with van der Waals surface area (Å²) in [6.45, 7) is 16.7. The van der Waals surface area contributed by atoms with Gasteiger partial charge in [0, 0.05) is 30.1 Å². The van der Waals surface area contributed by atoms with Gasteiger partial charge in [-0.1, -0.05) is 45.6 Å². The van der Waals surface area contributed by atoms with Crippen molar-refractivity contribution in [1.29, 1.82) is 0 Å². The summed E-state index contributed by atoms with van der Waals surface area (Å²) in [5, 5.41) is 8.56. The van der Waals surface area contributed by atoms with Crippen LogP contribution in [0.25, 0.3) is 0 Å². The third kappa shape index (κ3) is 16.0. The summed E-state index contributed by atoms with van der Waals surface area (Å²) in [4.78, 5) is 50.6. The van der Waals surface area contributed by atoms with E-state index in [2.05, 4.69) is 21.9 Å². The number of ether oxygens (including phenoxy) is 2. The predicted octanol–water partition coefficient (Wildman–Crippen LogP) is 6.10. The second-order valence-corrected chi connectivity index (χ2v) is 13.6. The first-order valence-corrected chi connectivity index (χ1v) is 14.7. The molecule has 0 radical (unpaired) electrons. The average Bonchev–Trinajstić information content (AvgIpc) is 2.82. The minimum absolute atomic E-state index is 0.120. The number of esters is 2. The van der Waals surface area contributed by atoms with E-state index in [1.165, 1.54) is 0 Å². The fourth-order valence-corrected chi connectivity index (χ4v) is 4.08. The molecule has 0 spiro atoms. The minimum Gasteiger partial charge on any atom is -0.460 e. The van der Waals surface area contributed by atoms with Crippen LogP contribution in [0.3, 0.4) is 0 Å². The van der Waals surface area contributed by atoms with E-state index in [0.717, 1.165) is 0 Å². The Morgan fingerprint density at radius 1 is 0.833 bits per heavy atom. The van der Waals surface area contributed by atoms with Gasteiger partial charge in [0.2, 0.25) is 5.91 Å². The number of amides is 3. The van der Waals surface area contributed by atoms with Crippen LogP contribution in [0.1, 0.15) is 113 Å². The van der Waals surface area contributed by atoms with E-state index in [1.54, 1.807) is 45.0 Å². The van der Waals surface area contributed by atoms with E-state index in [9.17, 15) is 19.2 Å². The van der Waals surface area contributed by atoms with E-state index < -0.39 is 29.2 Å². The highest BCUT2D eigenvalue weighted by molar-refractivity contribution is 5.90. The Morgan fingerprint density at radius 2 is 1.48 bits per heavy atom. The van der Waals surface area contributed by atoms with Gasteiger partial charge in [-0.3, -0.25) is 9.59 Å². The van der Waals surface area contributed by atoms with Crippen molar-refractivity contribution in [1.82, 2.24) is 10.6 Å². The van der Waals surface area contributed by atoms with E-state index in [4.69, 9.17) is 15.9 Å². The summed E-state index contributed by atoms with van der Waals surface area (Å²) >= 11 is 0. The van der Waals surface area contributed by atoms with Crippen LogP contribution >= 0.6 is 0 Å². The van der Waals surface area contributed by atoms with Gasteiger partial charge in [0.25, 0.3) is 0 Å². The average molecular weight is 586 g/mol. The second kappa shape index (κ2) is 16.2. The number of benzene rings is 1. The first kappa shape index (κ1) is 36.5. The predicted molar refractivity (Wildman–Crippen MR) is 166 cm³/mol. The van der Waals surface area contributed by atoms with Crippen molar-refractivity contribution in [2.24, 2.45) is 5.41 Å². The maximum atomic E-state index is 13.0. The van der Waals surface area contributed by atoms with Gasteiger partial charge in [0.15, 0.2) is 0 Å². The van der Waals surface area contributed by atoms with Crippen LogP contribution in [0.4, 0.5) is 10.5 Å². The molecule has 0 aromatic heterocycles. The molecule has 3 N–H and O–H groups in total. The Morgan fingerprint density at radius 3 is 2.05 bits per heavy atom. The lowest BCUT2D eigenvalue weighted by molar-refractivity contribution is -0.157. The van der Waals surface area contributed by atoms with E-state index >= 15 is 0 Å². The number of carbonyl (C=O) groups is 4. The standard InChI is InChI=1S/C33H51N3O6/c1-11-23-16-15-17-24(22-23)34-27(37)19-14-12-13-18-25(29(39)42-33(8,9)10)35-30(40)36-26(31(2,3)4)20-21-28(38)41-32(5,6)7/h1,15-17,22,25-26H,12-14,18-21H2,2-10H3,(H,34,37)(H2,35,36,40)/t25-,26-/m0/s1. The highest BCUT2D eigenvalue weighted by atomic mass is 16.6. The largest absolute Gasteiger partial charge is 0.460 e. The lowest BCUT2D eigenvalue weighted by Gasteiger charge is -2.32. The molecule has 0 unspecified atom stereocenters. The third-order valence-electron chi connectivity index (χ3n) is 6.11. The molecular formula is C33H51N3O6. The van der Waals surface area contributed by atoms with Crippen LogP contribution in [-0.2, 0) is 23.9 Å². The topological polar surface area (TPSA) is 123 Å². The van der Waals surface area contributed by atoms with Crippen LogP contribution in [0, 0.1) is 17.8 Å². The Hall–Kier alpha value is -3.54. The quantitative estimate of drug-likeness (QED) is 0.146. The van der Waals surface area contributed by atoms with Crippen LogP contribution < -0.4 is 16.0 Å². The molecule has 1 rings (SSSR count). The number of rotatable bonds is 13. The second-order valence-electron chi connectivity index (χ2n) is 13.6. The molecular weight excluding hydrogens is 534 g/mol. The number of terminal acetylenes is 1. The first-order valence-electron chi connectivity index (χ1n) is 14.7. The molecule has 0 aliphatic carbocycles. The maximum absolute atomic E-state index is 13.0. The molecule has 2 atom stereocenters. The zero-order valence-corrected chi connectivity index (χ0v) is 26.9. The maximum Gasteiger partial charge on any atom is 0.329 e. The van der Waals surface area contributed by atoms with Crippen molar-refractivity contribution in [3.8, 4) is 12.3 Å². The van der Waals surface area contributed by atoms with Gasteiger partial charge in [-0.05, 0) is 84.4 Å². The normalized spacial score (nSPS) is 13.2. The summed E-state index contributed by atoms with van der Waals surface area (Å²) in [7, 11) is 0. The molecule has 0 aliphatic rings. The molecule has 0 heterocycles. The van der Waals surface area contributed by atoms with E-state index in [-0.39, 0.29) is 29.8 Å². The van der Waals surface area contributed by atoms with Crippen molar-refractivity contribution in [2.45, 2.75) is 131 Å². The summed E-state index contributed by atoms with van der Waals surface area (Å²) < 4.78 is 11.0. The molecule has 0 aliphatic heterocycles. The molecule has 0 saturated heterocycles. The zero-order valence-electron chi connectivity index (χ0n) is 26.9. The molecule has 0 bridgehead atoms. The Balaban J connectivity index is 2.71. The molecule has 3 amide bonds. The minimum atomic E-state index is -0.865. The molecule has 1 aromatic rings. The molecule has 0 saturated carbocycles. The van der Waals surface area contributed by atoms with E-state index in [0.29, 0.717) is 49.8 Å². The number of nitrogens with one attached hydrogen (secondary N) is 3. The van der Waals surface area contributed by atoms with Gasteiger partial charge < -0.3 is 25.4 Å². The number of anilines is 1. The zero-order chi connectivity index (χ0) is 32.1. The van der Waals surface area contributed by atoms with E-state index in [1.807, 2.05) is 41.5 Å². The van der Waals surface area contributed by atoms with Crippen LogP contribution in [0.15, 0.2) is 24.3 Å². The monoisotopic (exact) mass is 585 g/mol. The highest BCUT2D eigenvalue weighted by Crippen LogP contribution is 2.24. The lowest BCUT2D eigenvalue weighted by atomic mass is 9.84. The lowest BCUT2D eigenvalue weighted by Crippen LogP contribution is -2.53. The third-order valence-corrected chi connectivity index (χ3v) is 6.11. The highest BCUT2D eigenvalue weighted by Gasteiger charge is 2.31. The van der Waals surface area contributed by atoms with Crippen LogP contribution in [-0.4, -0.2) is 47.2 Å². The fourth-order valence-electron chi connectivity index (χ4n) is 4.08. The number of carbonyl (C=O) groups excluding carboxylic acids is 4.